The van der Waals surface area contributed by atoms with E-state index in [9.17, 15) is 43.2 Å². The molecule has 96 heavy (non-hydrogen) atoms. The topological polar surface area (TPSA) is 237 Å². The Morgan fingerprint density at radius 2 is 0.479 bits per heavy atom. The Hall–Kier alpha value is -2.98. The van der Waals surface area contributed by atoms with Gasteiger partial charge in [0.1, 0.15) is 19.3 Å². The highest BCUT2D eigenvalue weighted by Crippen LogP contribution is 2.45. The molecule has 0 bridgehead atoms. The third-order valence-corrected chi connectivity index (χ3v) is 18.6. The zero-order valence-corrected chi connectivity index (χ0v) is 63.1. The van der Waals surface area contributed by atoms with Crippen molar-refractivity contribution >= 4 is 39.5 Å². The Labute approximate surface area is 585 Å². The summed E-state index contributed by atoms with van der Waals surface area (Å²) in [6.07, 6.45) is 66.6. The number of phosphoric acid groups is 2. The molecule has 0 amide bonds. The van der Waals surface area contributed by atoms with Crippen molar-refractivity contribution in [3.05, 3.63) is 48.6 Å². The Balaban J connectivity index is 5.33. The molecule has 17 nitrogen and oxygen atoms in total. The molecule has 19 heteroatoms. The van der Waals surface area contributed by atoms with Crippen LogP contribution in [0.25, 0.3) is 0 Å². The first kappa shape index (κ1) is 93.0. The lowest BCUT2D eigenvalue weighted by Gasteiger charge is -2.21. The maximum Gasteiger partial charge on any atom is 0.472 e. The number of esters is 4. The van der Waals surface area contributed by atoms with E-state index in [1.807, 2.05) is 0 Å². The number of hydrogen-bond donors (Lipinski definition) is 3. The molecule has 0 fully saturated rings. The fraction of sp³-hybridized carbons (Fsp3) is 0.844. The standard InChI is InChI=1S/C77H142O17P2/c1-5-9-13-17-21-25-29-33-35-39-42-46-50-54-58-62-75(80)88-68-73(94-77(82)64-60-56-52-48-44-40-36-34-30-26-22-18-14-10-6-2)70-92-96(85,86)90-66-71(78)65-89-95(83,84)91-69-72(93-76(81)63-59-55-51-47-43-38-32-28-24-20-16-12-8-4)67-87-74(79)61-57-53-49-45-41-37-31-27-23-19-15-11-7-3/h26-28,30-33,35,71-73,78H,5-25,29,34,36-70H2,1-4H3,(H,83,84)(H,85,86)/b30-26-,31-27-,32-28-,35-33-/t71-,72+,73+/m0/s1. The molecule has 0 aliphatic rings. The number of unbranched alkanes of at least 4 members (excludes halogenated alkanes) is 40. The molecule has 0 saturated heterocycles. The van der Waals surface area contributed by atoms with E-state index >= 15 is 0 Å². The van der Waals surface area contributed by atoms with Crippen molar-refractivity contribution in [2.75, 3.05) is 39.6 Å². The third-order valence-electron chi connectivity index (χ3n) is 16.7. The molecule has 0 aliphatic heterocycles. The van der Waals surface area contributed by atoms with Crippen LogP contribution in [0.15, 0.2) is 48.6 Å². The van der Waals surface area contributed by atoms with E-state index in [0.29, 0.717) is 25.7 Å². The van der Waals surface area contributed by atoms with Crippen LogP contribution in [0, 0.1) is 0 Å². The summed E-state index contributed by atoms with van der Waals surface area (Å²) in [6.45, 7) is 4.85. The monoisotopic (exact) mass is 1400 g/mol. The minimum atomic E-state index is -4.97. The molecule has 0 aromatic carbocycles. The number of aliphatic hydroxyl groups excluding tert-OH is 1. The van der Waals surface area contributed by atoms with Crippen LogP contribution >= 0.6 is 15.6 Å². The van der Waals surface area contributed by atoms with E-state index in [1.165, 1.54) is 116 Å². The van der Waals surface area contributed by atoms with Gasteiger partial charge in [0.15, 0.2) is 12.2 Å². The van der Waals surface area contributed by atoms with Gasteiger partial charge in [-0.25, -0.2) is 9.13 Å². The SMILES string of the molecule is CCCCCC/C=C\CCCCCCCCCC(=O)O[C@H](COC(=O)CCCCCCC/C=C\CCCCCCCC)COP(=O)(O)OC[C@@H](O)COP(=O)(O)OC[C@@H](COC(=O)CCCCCCC/C=C\CCCCCC)OC(=O)CCCCCCC/C=C\CCCCCC. The highest BCUT2D eigenvalue weighted by molar-refractivity contribution is 7.47. The molecule has 0 aromatic rings. The summed E-state index contributed by atoms with van der Waals surface area (Å²) in [5.41, 5.74) is 0. The van der Waals surface area contributed by atoms with Crippen molar-refractivity contribution in [3.63, 3.8) is 0 Å². The number of rotatable bonds is 74. The maximum atomic E-state index is 13.1. The lowest BCUT2D eigenvalue weighted by Crippen LogP contribution is -2.30. The normalized spacial score (nSPS) is 14.2. The number of hydrogen-bond acceptors (Lipinski definition) is 15. The molecule has 0 aromatic heterocycles. The highest BCUT2D eigenvalue weighted by Gasteiger charge is 2.30. The fourth-order valence-corrected chi connectivity index (χ4v) is 12.3. The van der Waals surface area contributed by atoms with E-state index < -0.39 is 97.5 Å². The second-order valence-electron chi connectivity index (χ2n) is 26.3. The van der Waals surface area contributed by atoms with Crippen molar-refractivity contribution in [1.29, 1.82) is 0 Å². The first-order chi connectivity index (χ1) is 46.7. The van der Waals surface area contributed by atoms with Crippen LogP contribution in [0.3, 0.4) is 0 Å². The van der Waals surface area contributed by atoms with Crippen LogP contribution < -0.4 is 0 Å². The van der Waals surface area contributed by atoms with E-state index in [2.05, 4.69) is 76.3 Å². The van der Waals surface area contributed by atoms with Crippen molar-refractivity contribution in [1.82, 2.24) is 0 Å². The molecule has 0 saturated carbocycles. The summed E-state index contributed by atoms with van der Waals surface area (Å²) in [4.78, 5) is 72.8. The smallest absolute Gasteiger partial charge is 0.462 e. The zero-order chi connectivity index (χ0) is 70.4. The van der Waals surface area contributed by atoms with Crippen LogP contribution in [-0.2, 0) is 65.4 Å². The quantitative estimate of drug-likeness (QED) is 0.0169. The molecular weight excluding hydrogens is 1260 g/mol. The molecular formula is C77H142O17P2. The van der Waals surface area contributed by atoms with Gasteiger partial charge in [0, 0.05) is 25.7 Å². The summed E-state index contributed by atoms with van der Waals surface area (Å²) in [5.74, 6) is -2.18. The van der Waals surface area contributed by atoms with Gasteiger partial charge in [0.2, 0.25) is 0 Å². The van der Waals surface area contributed by atoms with Crippen LogP contribution in [0.1, 0.15) is 362 Å². The van der Waals surface area contributed by atoms with Crippen LogP contribution in [-0.4, -0.2) is 96.7 Å². The van der Waals surface area contributed by atoms with Gasteiger partial charge in [0.25, 0.3) is 0 Å². The van der Waals surface area contributed by atoms with Crippen molar-refractivity contribution in [2.24, 2.45) is 0 Å². The summed E-state index contributed by atoms with van der Waals surface area (Å²) >= 11 is 0. The first-order valence-corrected chi connectivity index (χ1v) is 41.9. The van der Waals surface area contributed by atoms with Gasteiger partial charge in [-0.05, 0) is 128 Å². The molecule has 0 radical (unpaired) electrons. The summed E-state index contributed by atoms with van der Waals surface area (Å²) in [7, 11) is -9.94. The molecule has 3 N–H and O–H groups in total. The molecule has 562 valence electrons. The Morgan fingerprint density at radius 3 is 0.729 bits per heavy atom. The molecule has 0 heterocycles. The summed E-state index contributed by atoms with van der Waals surface area (Å²) < 4.78 is 68.5. The maximum absolute atomic E-state index is 13.1. The fourth-order valence-electron chi connectivity index (χ4n) is 10.7. The number of ether oxygens (including phenoxy) is 4. The minimum Gasteiger partial charge on any atom is -0.462 e. The number of aliphatic hydroxyl groups is 1. The molecule has 0 aliphatic carbocycles. The van der Waals surface area contributed by atoms with Gasteiger partial charge >= 0.3 is 39.5 Å². The van der Waals surface area contributed by atoms with E-state index in [1.54, 1.807) is 0 Å². The second kappa shape index (κ2) is 70.5. The van der Waals surface area contributed by atoms with Gasteiger partial charge < -0.3 is 33.8 Å². The van der Waals surface area contributed by atoms with Gasteiger partial charge in [-0.3, -0.25) is 37.3 Å². The van der Waals surface area contributed by atoms with Gasteiger partial charge in [-0.15, -0.1) is 0 Å². The second-order valence-corrected chi connectivity index (χ2v) is 29.2. The highest BCUT2D eigenvalue weighted by atomic mass is 31.2. The Morgan fingerprint density at radius 1 is 0.281 bits per heavy atom. The van der Waals surface area contributed by atoms with Crippen LogP contribution in [0.2, 0.25) is 0 Å². The lowest BCUT2D eigenvalue weighted by atomic mass is 10.1. The van der Waals surface area contributed by atoms with Crippen molar-refractivity contribution in [3.8, 4) is 0 Å². The zero-order valence-electron chi connectivity index (χ0n) is 61.3. The van der Waals surface area contributed by atoms with Crippen LogP contribution in [0.4, 0.5) is 0 Å². The van der Waals surface area contributed by atoms with Gasteiger partial charge in [0.05, 0.1) is 26.4 Å². The average molecular weight is 1400 g/mol. The van der Waals surface area contributed by atoms with Crippen molar-refractivity contribution in [2.45, 2.75) is 380 Å². The Bertz CT molecular complexity index is 2010. The predicted molar refractivity (Wildman–Crippen MR) is 390 cm³/mol. The number of allylic oxidation sites excluding steroid dienone is 8. The van der Waals surface area contributed by atoms with E-state index in [-0.39, 0.29) is 25.7 Å². The molecule has 2 unspecified atom stereocenters. The first-order valence-electron chi connectivity index (χ1n) is 38.9. The molecule has 0 rings (SSSR count). The predicted octanol–water partition coefficient (Wildman–Crippen LogP) is 22.1. The minimum absolute atomic E-state index is 0.0879. The van der Waals surface area contributed by atoms with Crippen LogP contribution in [0.5, 0.6) is 0 Å². The van der Waals surface area contributed by atoms with E-state index in [4.69, 9.17) is 37.0 Å². The third kappa shape index (κ3) is 69.5. The molecule has 0 spiro atoms. The average Bonchev–Trinajstić information content (AvgIpc) is 1.43. The lowest BCUT2D eigenvalue weighted by molar-refractivity contribution is -0.161. The Kier molecular flexibility index (Phi) is 68.3. The number of phosphoric ester groups is 2. The number of carbonyl (C=O) groups excluding carboxylic acids is 4. The van der Waals surface area contributed by atoms with Gasteiger partial charge in [-0.1, -0.05) is 256 Å². The largest absolute Gasteiger partial charge is 0.472 e. The summed E-state index contributed by atoms with van der Waals surface area (Å²) in [5, 5.41) is 10.6. The molecule has 5 atom stereocenters. The van der Waals surface area contributed by atoms with E-state index in [0.717, 1.165) is 167 Å². The number of carbonyl (C=O) groups is 4. The van der Waals surface area contributed by atoms with Crippen molar-refractivity contribution < 1.29 is 80.2 Å². The summed E-state index contributed by atoms with van der Waals surface area (Å²) in [6, 6.07) is 0. The van der Waals surface area contributed by atoms with Gasteiger partial charge in [-0.2, -0.15) is 0 Å².